The molecule has 134 valence electrons. The highest BCUT2D eigenvalue weighted by Crippen LogP contribution is 2.23. The van der Waals surface area contributed by atoms with Gasteiger partial charge < -0.3 is 15.4 Å². The first kappa shape index (κ1) is 17.9. The second kappa shape index (κ2) is 9.58. The lowest BCUT2D eigenvalue weighted by Gasteiger charge is -2.08. The Morgan fingerprint density at radius 3 is 2.54 bits per heavy atom. The van der Waals surface area contributed by atoms with E-state index in [0.29, 0.717) is 18.3 Å². The number of benzene rings is 2. The van der Waals surface area contributed by atoms with E-state index < -0.39 is 0 Å². The van der Waals surface area contributed by atoms with Crippen molar-refractivity contribution in [3.05, 3.63) is 77.3 Å². The van der Waals surface area contributed by atoms with Gasteiger partial charge in [-0.1, -0.05) is 53.8 Å². The molecule has 0 aliphatic heterocycles. The highest BCUT2D eigenvalue weighted by atomic mass is 32.1. The number of carbonyl (C=O) groups excluding carboxylic acids is 1. The Bertz CT molecular complexity index is 790. The summed E-state index contributed by atoms with van der Waals surface area (Å²) in [6.07, 6.45) is 3.58. The molecule has 0 fully saturated rings. The molecular formula is C20H21N3O2S. The van der Waals surface area contributed by atoms with Gasteiger partial charge in [-0.2, -0.15) is 0 Å². The maximum Gasteiger partial charge on any atom is 0.315 e. The number of rotatable bonds is 8. The number of thiazole rings is 1. The highest BCUT2D eigenvalue weighted by molar-refractivity contribution is 7.11. The highest BCUT2D eigenvalue weighted by Gasteiger charge is 2.02. The smallest absolute Gasteiger partial charge is 0.315 e. The van der Waals surface area contributed by atoms with E-state index in [9.17, 15) is 4.79 Å². The van der Waals surface area contributed by atoms with Crippen LogP contribution in [-0.2, 0) is 13.0 Å². The van der Waals surface area contributed by atoms with Gasteiger partial charge in [-0.25, -0.2) is 9.78 Å². The molecule has 1 heterocycles. The molecule has 0 radical (unpaired) electrons. The quantitative estimate of drug-likeness (QED) is 0.581. The molecule has 0 aliphatic carbocycles. The molecule has 2 aromatic carbocycles. The molecule has 0 unspecified atom stereocenters. The summed E-state index contributed by atoms with van der Waals surface area (Å²) in [5, 5.41) is 8.23. The molecular weight excluding hydrogens is 346 g/mol. The maximum atomic E-state index is 11.9. The zero-order chi connectivity index (χ0) is 18.0. The van der Waals surface area contributed by atoms with Crippen LogP contribution in [0, 0.1) is 0 Å². The van der Waals surface area contributed by atoms with E-state index in [0.717, 1.165) is 24.2 Å². The third-order valence-corrected chi connectivity index (χ3v) is 4.41. The number of ether oxygens (including phenoxy) is 1. The van der Waals surface area contributed by atoms with Crippen LogP contribution in [0.15, 0.2) is 66.2 Å². The summed E-state index contributed by atoms with van der Waals surface area (Å²) >= 11 is 1.45. The molecule has 26 heavy (non-hydrogen) atoms. The summed E-state index contributed by atoms with van der Waals surface area (Å²) in [5.41, 5.74) is 2.30. The average Bonchev–Trinajstić information content (AvgIpc) is 3.19. The Labute approximate surface area is 157 Å². The zero-order valence-corrected chi connectivity index (χ0v) is 15.2. The van der Waals surface area contributed by atoms with E-state index in [1.54, 1.807) is 6.20 Å². The van der Waals surface area contributed by atoms with Crippen molar-refractivity contribution >= 4 is 17.4 Å². The lowest BCUT2D eigenvalue weighted by Crippen LogP contribution is -2.35. The fraction of sp³-hybridized carbons (Fsp3) is 0.200. The fourth-order valence-electron chi connectivity index (χ4n) is 2.42. The molecule has 6 heteroatoms. The molecule has 2 amide bonds. The van der Waals surface area contributed by atoms with E-state index in [1.165, 1.54) is 16.9 Å². The first-order valence-electron chi connectivity index (χ1n) is 8.51. The van der Waals surface area contributed by atoms with Crippen molar-refractivity contribution < 1.29 is 9.53 Å². The Morgan fingerprint density at radius 2 is 1.81 bits per heavy atom. The van der Waals surface area contributed by atoms with Crippen LogP contribution in [0.5, 0.6) is 10.9 Å². The third kappa shape index (κ3) is 5.89. The standard InChI is InChI=1S/C20H21N3O2S/c24-19(21-12-4-7-16-5-2-1-3-6-16)23-15-17-8-10-18(11-9-17)25-20-22-13-14-26-20/h1-3,5-6,8-11,13-14H,4,7,12,15H2,(H2,21,23,24). The van der Waals surface area contributed by atoms with Crippen LogP contribution in [0.1, 0.15) is 17.5 Å². The number of aryl methyl sites for hydroxylation is 1. The van der Waals surface area contributed by atoms with Crippen LogP contribution in [-0.4, -0.2) is 17.6 Å². The van der Waals surface area contributed by atoms with Crippen molar-refractivity contribution in [3.8, 4) is 10.9 Å². The number of carbonyl (C=O) groups is 1. The monoisotopic (exact) mass is 367 g/mol. The number of urea groups is 1. The van der Waals surface area contributed by atoms with E-state index in [1.807, 2.05) is 47.8 Å². The van der Waals surface area contributed by atoms with Gasteiger partial charge >= 0.3 is 6.03 Å². The van der Waals surface area contributed by atoms with Crippen LogP contribution in [0.4, 0.5) is 4.79 Å². The molecule has 3 aromatic rings. The number of aromatic nitrogens is 1. The van der Waals surface area contributed by atoms with Crippen molar-refractivity contribution in [1.82, 2.24) is 15.6 Å². The lowest BCUT2D eigenvalue weighted by molar-refractivity contribution is 0.240. The molecule has 5 nitrogen and oxygen atoms in total. The summed E-state index contributed by atoms with van der Waals surface area (Å²) in [6.45, 7) is 1.13. The second-order valence-corrected chi connectivity index (χ2v) is 6.60. The summed E-state index contributed by atoms with van der Waals surface area (Å²) in [5.74, 6) is 0.731. The Balaban J connectivity index is 1.33. The predicted octanol–water partition coefficient (Wildman–Crippen LogP) is 4.37. The van der Waals surface area contributed by atoms with Gasteiger partial charge in [-0.3, -0.25) is 0 Å². The molecule has 0 bridgehead atoms. The molecule has 0 saturated heterocycles. The normalized spacial score (nSPS) is 10.3. The van der Waals surface area contributed by atoms with Gasteiger partial charge in [-0.15, -0.1) is 0 Å². The number of hydrogen-bond donors (Lipinski definition) is 2. The van der Waals surface area contributed by atoms with E-state index in [-0.39, 0.29) is 6.03 Å². The summed E-state index contributed by atoms with van der Waals surface area (Å²) in [4.78, 5) is 15.9. The van der Waals surface area contributed by atoms with Crippen molar-refractivity contribution in [3.63, 3.8) is 0 Å². The van der Waals surface area contributed by atoms with Gasteiger partial charge in [0.25, 0.3) is 5.19 Å². The van der Waals surface area contributed by atoms with Crippen molar-refractivity contribution in [2.75, 3.05) is 6.54 Å². The number of nitrogens with zero attached hydrogens (tertiary/aromatic N) is 1. The third-order valence-electron chi connectivity index (χ3n) is 3.76. The van der Waals surface area contributed by atoms with Crippen LogP contribution >= 0.6 is 11.3 Å². The van der Waals surface area contributed by atoms with Crippen LogP contribution < -0.4 is 15.4 Å². The first-order chi connectivity index (χ1) is 12.8. The number of amides is 2. The maximum absolute atomic E-state index is 11.9. The SMILES string of the molecule is O=C(NCCCc1ccccc1)NCc1ccc(Oc2nccs2)cc1. The Kier molecular flexibility index (Phi) is 6.61. The van der Waals surface area contributed by atoms with E-state index >= 15 is 0 Å². The Morgan fingerprint density at radius 1 is 1.00 bits per heavy atom. The lowest BCUT2D eigenvalue weighted by atomic mass is 10.1. The molecule has 0 saturated carbocycles. The average molecular weight is 367 g/mol. The predicted molar refractivity (Wildman–Crippen MR) is 104 cm³/mol. The van der Waals surface area contributed by atoms with Crippen LogP contribution in [0.2, 0.25) is 0 Å². The van der Waals surface area contributed by atoms with E-state index in [4.69, 9.17) is 4.74 Å². The second-order valence-electron chi connectivity index (χ2n) is 5.74. The minimum absolute atomic E-state index is 0.152. The molecule has 0 aliphatic rings. The fourth-order valence-corrected chi connectivity index (χ4v) is 2.93. The topological polar surface area (TPSA) is 63.2 Å². The molecule has 0 spiro atoms. The molecule has 2 N–H and O–H groups in total. The zero-order valence-electron chi connectivity index (χ0n) is 14.4. The summed E-state index contributed by atoms with van der Waals surface area (Å²) in [7, 11) is 0. The summed E-state index contributed by atoms with van der Waals surface area (Å²) in [6, 6.07) is 17.7. The van der Waals surface area contributed by atoms with Gasteiger partial charge in [0, 0.05) is 24.7 Å². The molecule has 3 rings (SSSR count). The van der Waals surface area contributed by atoms with Crippen molar-refractivity contribution in [2.24, 2.45) is 0 Å². The van der Waals surface area contributed by atoms with Gasteiger partial charge in [0.15, 0.2) is 0 Å². The van der Waals surface area contributed by atoms with E-state index in [2.05, 4.69) is 27.8 Å². The van der Waals surface area contributed by atoms with Gasteiger partial charge in [0.1, 0.15) is 5.75 Å². The summed E-state index contributed by atoms with van der Waals surface area (Å²) < 4.78 is 5.61. The van der Waals surface area contributed by atoms with Gasteiger partial charge in [0.2, 0.25) is 0 Å². The van der Waals surface area contributed by atoms with Crippen molar-refractivity contribution in [2.45, 2.75) is 19.4 Å². The van der Waals surface area contributed by atoms with Crippen LogP contribution in [0.3, 0.4) is 0 Å². The van der Waals surface area contributed by atoms with Gasteiger partial charge in [-0.05, 0) is 36.1 Å². The van der Waals surface area contributed by atoms with Crippen molar-refractivity contribution in [1.29, 1.82) is 0 Å². The van der Waals surface area contributed by atoms with Gasteiger partial charge in [0.05, 0.1) is 0 Å². The minimum Gasteiger partial charge on any atom is -0.431 e. The number of nitrogens with one attached hydrogen (secondary N) is 2. The molecule has 0 atom stereocenters. The number of hydrogen-bond acceptors (Lipinski definition) is 4. The largest absolute Gasteiger partial charge is 0.431 e. The van der Waals surface area contributed by atoms with Crippen LogP contribution in [0.25, 0.3) is 0 Å². The Hall–Kier alpha value is -2.86. The molecule has 1 aromatic heterocycles. The minimum atomic E-state index is -0.152. The first-order valence-corrected chi connectivity index (χ1v) is 9.39.